The van der Waals surface area contributed by atoms with Crippen LogP contribution >= 0.6 is 0 Å². The molecule has 31 heavy (non-hydrogen) atoms. The van der Waals surface area contributed by atoms with Crippen LogP contribution in [-0.2, 0) is 10.9 Å². The van der Waals surface area contributed by atoms with Crippen LogP contribution in [0.15, 0.2) is 48.5 Å². The summed E-state index contributed by atoms with van der Waals surface area (Å²) >= 11 is 0. The molecule has 0 amide bonds. The molecule has 0 unspecified atom stereocenters. The lowest BCUT2D eigenvalue weighted by atomic mass is 10.1. The largest absolute Gasteiger partial charge is 0.493 e. The van der Waals surface area contributed by atoms with E-state index in [-0.39, 0.29) is 30.3 Å². The fourth-order valence-corrected chi connectivity index (χ4v) is 2.45. The lowest BCUT2D eigenvalue weighted by Crippen LogP contribution is -2.21. The van der Waals surface area contributed by atoms with Crippen molar-refractivity contribution >= 4 is 12.0 Å². The second kappa shape index (κ2) is 10.1. The van der Waals surface area contributed by atoms with Crippen LogP contribution in [0.25, 0.3) is 6.08 Å². The average Bonchev–Trinajstić information content (AvgIpc) is 2.69. The Morgan fingerprint density at radius 2 is 1.71 bits per heavy atom. The Hall–Kier alpha value is -3.30. The van der Waals surface area contributed by atoms with E-state index in [1.54, 1.807) is 0 Å². The first kappa shape index (κ1) is 24.0. The Morgan fingerprint density at radius 1 is 1.03 bits per heavy atom. The summed E-state index contributed by atoms with van der Waals surface area (Å²) < 4.78 is 80.5. The number of aliphatic carboxylic acids is 1. The molecule has 0 radical (unpaired) electrons. The lowest BCUT2D eigenvalue weighted by Gasteiger charge is -2.19. The van der Waals surface area contributed by atoms with Crippen molar-refractivity contribution in [2.45, 2.75) is 25.1 Å². The number of methoxy groups -OCH3 is 1. The average molecular weight is 446 g/mol. The number of hydrogen-bond acceptors (Lipinski definition) is 4. The molecule has 0 aliphatic carbocycles. The van der Waals surface area contributed by atoms with Crippen LogP contribution < -0.4 is 14.2 Å². The SMILES string of the molecule is COc1cc(OC(F)(F)c2ccc(C=CC(=O)O)cc2)ccc1OCCCC(F)(F)F. The molecule has 0 atom stereocenters. The van der Waals surface area contributed by atoms with Gasteiger partial charge in [0.25, 0.3) is 0 Å². The molecule has 2 rings (SSSR count). The second-order valence-corrected chi connectivity index (χ2v) is 6.29. The van der Waals surface area contributed by atoms with Crippen molar-refractivity contribution < 1.29 is 46.1 Å². The molecular formula is C21H19F5O5. The van der Waals surface area contributed by atoms with Gasteiger partial charge in [0.1, 0.15) is 5.75 Å². The Bertz CT molecular complexity index is 907. The zero-order chi connectivity index (χ0) is 23.1. The molecule has 0 saturated heterocycles. The maximum absolute atomic E-state index is 14.5. The molecule has 0 heterocycles. The predicted molar refractivity (Wildman–Crippen MR) is 101 cm³/mol. The molecule has 0 fully saturated rings. The normalized spacial score (nSPS) is 12.1. The number of carboxylic acids is 1. The van der Waals surface area contributed by atoms with Crippen molar-refractivity contribution in [2.24, 2.45) is 0 Å². The molecule has 0 aromatic heterocycles. The third-order valence-electron chi connectivity index (χ3n) is 3.91. The smallest absolute Gasteiger partial charge is 0.426 e. The molecule has 2 aromatic carbocycles. The summed E-state index contributed by atoms with van der Waals surface area (Å²) in [5, 5.41) is 8.59. The van der Waals surface area contributed by atoms with E-state index in [9.17, 15) is 26.7 Å². The standard InChI is InChI=1S/C21H19F5O5/c1-29-18-13-16(8-9-17(18)30-12-2-11-20(22,23)24)31-21(25,26)15-6-3-14(4-7-15)5-10-19(27)28/h3-10,13H,2,11-12H2,1H3,(H,27,28). The van der Waals surface area contributed by atoms with Gasteiger partial charge in [0.2, 0.25) is 0 Å². The third-order valence-corrected chi connectivity index (χ3v) is 3.91. The van der Waals surface area contributed by atoms with Gasteiger partial charge in [-0.1, -0.05) is 12.1 Å². The minimum atomic E-state index is -4.29. The monoisotopic (exact) mass is 446 g/mol. The van der Waals surface area contributed by atoms with Crippen molar-refractivity contribution in [3.8, 4) is 17.2 Å². The van der Waals surface area contributed by atoms with Crippen molar-refractivity contribution in [1.29, 1.82) is 0 Å². The van der Waals surface area contributed by atoms with Crippen LogP contribution in [0.1, 0.15) is 24.0 Å². The Kier molecular flexibility index (Phi) is 7.84. The molecule has 0 spiro atoms. The van der Waals surface area contributed by atoms with Gasteiger partial charge >= 0.3 is 18.3 Å². The van der Waals surface area contributed by atoms with Gasteiger partial charge in [-0.2, -0.15) is 22.0 Å². The van der Waals surface area contributed by atoms with E-state index in [2.05, 4.69) is 0 Å². The number of rotatable bonds is 10. The zero-order valence-corrected chi connectivity index (χ0v) is 16.3. The maximum Gasteiger partial charge on any atom is 0.426 e. The quantitative estimate of drug-likeness (QED) is 0.291. The van der Waals surface area contributed by atoms with E-state index in [0.29, 0.717) is 5.56 Å². The van der Waals surface area contributed by atoms with Gasteiger partial charge in [-0.05, 0) is 42.3 Å². The van der Waals surface area contributed by atoms with E-state index in [1.165, 1.54) is 37.5 Å². The molecule has 0 aliphatic rings. The maximum atomic E-state index is 14.5. The van der Waals surface area contributed by atoms with Gasteiger partial charge in [0, 0.05) is 18.6 Å². The van der Waals surface area contributed by atoms with E-state index in [0.717, 1.165) is 24.3 Å². The fraction of sp³-hybridized carbons (Fsp3) is 0.286. The van der Waals surface area contributed by atoms with E-state index in [1.807, 2.05) is 0 Å². The minimum absolute atomic E-state index is 0.0227. The Labute approximate surface area is 174 Å². The predicted octanol–water partition coefficient (Wildman–Crippen LogP) is 5.64. The molecule has 5 nitrogen and oxygen atoms in total. The van der Waals surface area contributed by atoms with Crippen LogP contribution in [0.2, 0.25) is 0 Å². The number of halogens is 5. The highest BCUT2D eigenvalue weighted by atomic mass is 19.4. The van der Waals surface area contributed by atoms with Crippen molar-refractivity contribution in [3.63, 3.8) is 0 Å². The first-order valence-electron chi connectivity index (χ1n) is 8.96. The van der Waals surface area contributed by atoms with Crippen molar-refractivity contribution in [3.05, 3.63) is 59.7 Å². The van der Waals surface area contributed by atoms with Crippen LogP contribution in [0.4, 0.5) is 22.0 Å². The number of benzene rings is 2. The Morgan fingerprint density at radius 3 is 2.29 bits per heavy atom. The van der Waals surface area contributed by atoms with Gasteiger partial charge in [-0.25, -0.2) is 4.79 Å². The zero-order valence-electron chi connectivity index (χ0n) is 16.3. The molecule has 10 heteroatoms. The minimum Gasteiger partial charge on any atom is -0.493 e. The molecule has 0 saturated carbocycles. The van der Waals surface area contributed by atoms with Crippen LogP contribution in [-0.4, -0.2) is 31.0 Å². The summed E-state index contributed by atoms with van der Waals surface area (Å²) in [4.78, 5) is 10.5. The molecular weight excluding hydrogens is 427 g/mol. The highest BCUT2D eigenvalue weighted by molar-refractivity contribution is 5.85. The van der Waals surface area contributed by atoms with Crippen LogP contribution in [0.5, 0.6) is 17.2 Å². The van der Waals surface area contributed by atoms with Gasteiger partial charge in [0.15, 0.2) is 11.5 Å². The van der Waals surface area contributed by atoms with Crippen molar-refractivity contribution in [2.75, 3.05) is 13.7 Å². The van der Waals surface area contributed by atoms with Crippen LogP contribution in [0, 0.1) is 0 Å². The number of carboxylic acid groups (broad SMARTS) is 1. The summed E-state index contributed by atoms with van der Waals surface area (Å²) in [6, 6.07) is 8.39. The first-order valence-corrected chi connectivity index (χ1v) is 8.96. The second-order valence-electron chi connectivity index (χ2n) is 6.29. The number of hydrogen-bond donors (Lipinski definition) is 1. The summed E-state index contributed by atoms with van der Waals surface area (Å²) in [6.07, 6.45) is -7.14. The summed E-state index contributed by atoms with van der Waals surface area (Å²) in [6.45, 7) is -0.227. The number of alkyl halides is 5. The molecule has 2 aromatic rings. The fourth-order valence-electron chi connectivity index (χ4n) is 2.45. The first-order chi connectivity index (χ1) is 14.5. The lowest BCUT2D eigenvalue weighted by molar-refractivity contribution is -0.185. The van der Waals surface area contributed by atoms with Crippen molar-refractivity contribution in [1.82, 2.24) is 0 Å². The van der Waals surface area contributed by atoms with Gasteiger partial charge < -0.3 is 19.3 Å². The van der Waals surface area contributed by atoms with E-state index >= 15 is 0 Å². The Balaban J connectivity index is 2.06. The van der Waals surface area contributed by atoms with Gasteiger partial charge in [-0.15, -0.1) is 0 Å². The van der Waals surface area contributed by atoms with Crippen LogP contribution in [0.3, 0.4) is 0 Å². The molecule has 168 valence electrons. The van der Waals surface area contributed by atoms with E-state index < -0.39 is 30.2 Å². The summed E-state index contributed by atoms with van der Waals surface area (Å²) in [5.41, 5.74) is -0.0536. The third kappa shape index (κ3) is 7.80. The van der Waals surface area contributed by atoms with Gasteiger partial charge in [0.05, 0.1) is 19.3 Å². The summed E-state index contributed by atoms with van der Waals surface area (Å²) in [5.74, 6) is -1.30. The molecule has 0 aliphatic heterocycles. The highest BCUT2D eigenvalue weighted by Crippen LogP contribution is 2.37. The van der Waals surface area contributed by atoms with Gasteiger partial charge in [-0.3, -0.25) is 0 Å². The number of ether oxygens (including phenoxy) is 3. The molecule has 1 N–H and O–H groups in total. The van der Waals surface area contributed by atoms with E-state index in [4.69, 9.17) is 19.3 Å². The number of carbonyl (C=O) groups is 1. The molecule has 0 bridgehead atoms. The highest BCUT2D eigenvalue weighted by Gasteiger charge is 2.34. The summed E-state index contributed by atoms with van der Waals surface area (Å²) in [7, 11) is 1.25. The topological polar surface area (TPSA) is 65.0 Å².